The molecule has 0 amide bonds. The van der Waals surface area contributed by atoms with Crippen molar-refractivity contribution < 1.29 is 0 Å². The van der Waals surface area contributed by atoms with Crippen molar-refractivity contribution in [3.63, 3.8) is 0 Å². The predicted molar refractivity (Wildman–Crippen MR) is 93.1 cm³/mol. The highest BCUT2D eigenvalue weighted by Crippen LogP contribution is 2.20. The van der Waals surface area contributed by atoms with Gasteiger partial charge in [-0.05, 0) is 50.7 Å². The highest BCUT2D eigenvalue weighted by molar-refractivity contribution is 7.80. The number of rotatable bonds is 3. The minimum absolute atomic E-state index is 0.259. The zero-order valence-corrected chi connectivity index (χ0v) is 13.7. The van der Waals surface area contributed by atoms with Crippen LogP contribution in [0.4, 0.5) is 0 Å². The van der Waals surface area contributed by atoms with Crippen molar-refractivity contribution in [2.24, 2.45) is 5.10 Å². The number of aromatic nitrogens is 1. The highest BCUT2D eigenvalue weighted by atomic mass is 35.5. The van der Waals surface area contributed by atoms with Crippen LogP contribution in [-0.4, -0.2) is 22.4 Å². The summed E-state index contributed by atoms with van der Waals surface area (Å²) in [5, 5.41) is 9.03. The molecule has 0 radical (unpaired) electrons. The van der Waals surface area contributed by atoms with Crippen LogP contribution in [0.5, 0.6) is 0 Å². The van der Waals surface area contributed by atoms with E-state index in [0.717, 1.165) is 22.0 Å². The normalized spacial score (nSPS) is 11.3. The smallest absolute Gasteiger partial charge is 0.187 e. The molecule has 2 N–H and O–H groups in total. The number of hydrogen-bond donors (Lipinski definition) is 2. The maximum Gasteiger partial charge on any atom is 0.187 e. The average Bonchev–Trinajstić information content (AvgIpc) is 2.38. The molecule has 110 valence electrons. The van der Waals surface area contributed by atoms with E-state index in [4.69, 9.17) is 23.8 Å². The first-order chi connectivity index (χ1) is 9.95. The molecule has 1 heterocycles. The van der Waals surface area contributed by atoms with Crippen LogP contribution in [0.15, 0.2) is 29.4 Å². The van der Waals surface area contributed by atoms with E-state index < -0.39 is 0 Å². The third kappa shape index (κ3) is 4.37. The zero-order chi connectivity index (χ0) is 15.4. The molecule has 0 aliphatic heterocycles. The van der Waals surface area contributed by atoms with Crippen LogP contribution in [0.3, 0.4) is 0 Å². The summed E-state index contributed by atoms with van der Waals surface area (Å²) in [4.78, 5) is 4.38. The maximum absolute atomic E-state index is 6.18. The van der Waals surface area contributed by atoms with E-state index in [1.807, 2.05) is 45.0 Å². The minimum Gasteiger partial charge on any atom is -0.359 e. The number of nitrogens with one attached hydrogen (secondary N) is 2. The molecule has 4 nitrogen and oxygen atoms in total. The molecular weight excluding hydrogens is 304 g/mol. The summed E-state index contributed by atoms with van der Waals surface area (Å²) in [5.74, 6) is 0. The van der Waals surface area contributed by atoms with Crippen molar-refractivity contribution in [3.8, 4) is 0 Å². The molecule has 0 aliphatic carbocycles. The van der Waals surface area contributed by atoms with Gasteiger partial charge in [-0.15, -0.1) is 0 Å². The van der Waals surface area contributed by atoms with Crippen LogP contribution >= 0.6 is 23.8 Å². The number of benzene rings is 1. The van der Waals surface area contributed by atoms with Crippen LogP contribution in [0, 0.1) is 6.92 Å². The lowest BCUT2D eigenvalue weighted by Gasteiger charge is -2.09. The van der Waals surface area contributed by atoms with Gasteiger partial charge in [-0.1, -0.05) is 23.7 Å². The Labute approximate surface area is 134 Å². The van der Waals surface area contributed by atoms with E-state index in [1.54, 1.807) is 6.21 Å². The Morgan fingerprint density at radius 1 is 1.38 bits per heavy atom. The molecule has 2 rings (SSSR count). The Morgan fingerprint density at radius 2 is 2.14 bits per heavy atom. The maximum atomic E-state index is 6.18. The lowest BCUT2D eigenvalue weighted by Crippen LogP contribution is -2.36. The molecule has 0 fully saturated rings. The fraction of sp³-hybridized carbons (Fsp3) is 0.267. The van der Waals surface area contributed by atoms with Crippen molar-refractivity contribution in [1.82, 2.24) is 15.7 Å². The van der Waals surface area contributed by atoms with Crippen molar-refractivity contribution in [2.75, 3.05) is 0 Å². The Morgan fingerprint density at radius 3 is 2.86 bits per heavy atom. The summed E-state index contributed by atoms with van der Waals surface area (Å²) in [6.45, 7) is 6.03. The number of hydrogen-bond acceptors (Lipinski definition) is 3. The van der Waals surface area contributed by atoms with Crippen molar-refractivity contribution in [2.45, 2.75) is 26.8 Å². The lowest BCUT2D eigenvalue weighted by molar-refractivity contribution is 0.720. The molecule has 21 heavy (non-hydrogen) atoms. The van der Waals surface area contributed by atoms with Gasteiger partial charge in [0.25, 0.3) is 0 Å². The van der Waals surface area contributed by atoms with E-state index >= 15 is 0 Å². The number of halogens is 1. The molecule has 0 spiro atoms. The Bertz CT molecular complexity index is 697. The van der Waals surface area contributed by atoms with Gasteiger partial charge in [0, 0.05) is 17.0 Å². The standard InChI is InChI=1S/C15H17ClN4S/c1-9(2)18-15(21)20-17-8-12-7-11-5-4-10(3)6-13(11)19-14(12)16/h4-9H,1-3H3,(H2,18,20,21)/b17-8+. The van der Waals surface area contributed by atoms with Crippen LogP contribution in [0.2, 0.25) is 5.15 Å². The van der Waals surface area contributed by atoms with Gasteiger partial charge < -0.3 is 5.32 Å². The number of aryl methyl sites for hydroxylation is 1. The molecule has 0 atom stereocenters. The van der Waals surface area contributed by atoms with Crippen molar-refractivity contribution in [1.29, 1.82) is 0 Å². The van der Waals surface area contributed by atoms with Crippen molar-refractivity contribution in [3.05, 3.63) is 40.5 Å². The minimum atomic E-state index is 0.259. The monoisotopic (exact) mass is 320 g/mol. The Hall–Kier alpha value is -1.72. The number of hydrazone groups is 1. The number of fused-ring (bicyclic) bond motifs is 1. The molecule has 1 aromatic carbocycles. The summed E-state index contributed by atoms with van der Waals surface area (Å²) in [7, 11) is 0. The first-order valence-corrected chi connectivity index (χ1v) is 7.41. The number of pyridine rings is 1. The molecule has 1 aromatic heterocycles. The van der Waals surface area contributed by atoms with Gasteiger partial charge in [0.2, 0.25) is 0 Å². The molecule has 0 aliphatic rings. The van der Waals surface area contributed by atoms with Gasteiger partial charge in [0.05, 0.1) is 11.7 Å². The molecule has 2 aromatic rings. The van der Waals surface area contributed by atoms with Gasteiger partial charge in [-0.3, -0.25) is 5.43 Å². The van der Waals surface area contributed by atoms with E-state index in [-0.39, 0.29) is 6.04 Å². The first kappa shape index (κ1) is 15.7. The second kappa shape index (κ2) is 6.83. The van der Waals surface area contributed by atoms with Gasteiger partial charge in [-0.25, -0.2) is 4.98 Å². The average molecular weight is 321 g/mol. The predicted octanol–water partition coefficient (Wildman–Crippen LogP) is 3.40. The summed E-state index contributed by atoms with van der Waals surface area (Å²) in [6, 6.07) is 8.27. The van der Waals surface area contributed by atoms with Crippen molar-refractivity contribution >= 4 is 46.0 Å². The van der Waals surface area contributed by atoms with Gasteiger partial charge in [0.15, 0.2) is 5.11 Å². The van der Waals surface area contributed by atoms with E-state index in [9.17, 15) is 0 Å². The molecule has 0 saturated heterocycles. The highest BCUT2D eigenvalue weighted by Gasteiger charge is 2.03. The fourth-order valence-electron chi connectivity index (χ4n) is 1.82. The molecule has 0 unspecified atom stereocenters. The number of thiocarbonyl (C=S) groups is 1. The van der Waals surface area contributed by atoms with Crippen LogP contribution in [-0.2, 0) is 0 Å². The molecule has 6 heteroatoms. The second-order valence-electron chi connectivity index (χ2n) is 5.06. The van der Waals surface area contributed by atoms with E-state index in [2.05, 4.69) is 20.8 Å². The summed E-state index contributed by atoms with van der Waals surface area (Å²) < 4.78 is 0. The molecule has 0 bridgehead atoms. The Kier molecular flexibility index (Phi) is 5.09. The summed E-state index contributed by atoms with van der Waals surface area (Å²) in [6.07, 6.45) is 1.61. The Balaban J connectivity index is 2.16. The van der Waals surface area contributed by atoms with Gasteiger partial charge in [-0.2, -0.15) is 5.10 Å². The van der Waals surface area contributed by atoms with E-state index in [1.165, 1.54) is 0 Å². The molecular formula is C15H17ClN4S. The first-order valence-electron chi connectivity index (χ1n) is 6.62. The topological polar surface area (TPSA) is 49.3 Å². The second-order valence-corrected chi connectivity index (χ2v) is 5.83. The lowest BCUT2D eigenvalue weighted by atomic mass is 10.1. The molecule has 0 saturated carbocycles. The van der Waals surface area contributed by atoms with E-state index in [0.29, 0.717) is 10.3 Å². The zero-order valence-electron chi connectivity index (χ0n) is 12.1. The summed E-state index contributed by atoms with van der Waals surface area (Å²) in [5.41, 5.74) is 5.52. The number of nitrogens with zero attached hydrogens (tertiary/aromatic N) is 2. The van der Waals surface area contributed by atoms with Crippen LogP contribution in [0.25, 0.3) is 10.9 Å². The van der Waals surface area contributed by atoms with Gasteiger partial charge in [0.1, 0.15) is 5.15 Å². The summed E-state index contributed by atoms with van der Waals surface area (Å²) >= 11 is 11.3. The van der Waals surface area contributed by atoms with Crippen LogP contribution in [0.1, 0.15) is 25.0 Å². The third-order valence-corrected chi connectivity index (χ3v) is 3.26. The van der Waals surface area contributed by atoms with Gasteiger partial charge >= 0.3 is 0 Å². The fourth-order valence-corrected chi connectivity index (χ4v) is 2.30. The SMILES string of the molecule is Cc1ccc2cc(/C=N/NC(=S)NC(C)C)c(Cl)nc2c1. The third-order valence-electron chi connectivity index (χ3n) is 2.74. The van der Waals surface area contributed by atoms with Crippen LogP contribution < -0.4 is 10.7 Å². The largest absolute Gasteiger partial charge is 0.359 e. The quantitative estimate of drug-likeness (QED) is 0.394.